The van der Waals surface area contributed by atoms with Gasteiger partial charge < -0.3 is 10.4 Å². The summed E-state index contributed by atoms with van der Waals surface area (Å²) in [6, 6.07) is 7.00. The molecule has 0 saturated heterocycles. The van der Waals surface area contributed by atoms with Crippen LogP contribution in [0.1, 0.15) is 0 Å². The maximum Gasteiger partial charge on any atom is 0.284 e. The molecule has 0 fully saturated rings. The zero-order chi connectivity index (χ0) is 17.4. The third kappa shape index (κ3) is 2.66. The molecule has 2 aromatic heterocycles. The van der Waals surface area contributed by atoms with Crippen molar-refractivity contribution in [2.45, 2.75) is 16.3 Å². The second-order valence-electron chi connectivity index (χ2n) is 5.56. The van der Waals surface area contributed by atoms with E-state index in [1.54, 1.807) is 12.3 Å². The van der Waals surface area contributed by atoms with E-state index in [1.807, 2.05) is 16.8 Å². The Hall–Kier alpha value is -2.49. The zero-order valence-corrected chi connectivity index (χ0v) is 14.0. The molecule has 9 heteroatoms. The minimum Gasteiger partial charge on any atom is -0.395 e. The van der Waals surface area contributed by atoms with Gasteiger partial charge in [0.2, 0.25) is 0 Å². The highest BCUT2D eigenvalue weighted by Gasteiger charge is 2.30. The summed E-state index contributed by atoms with van der Waals surface area (Å²) in [5.74, 6) is 0. The van der Waals surface area contributed by atoms with E-state index in [-0.39, 0.29) is 17.2 Å². The Balaban J connectivity index is 1.87. The second-order valence-corrected chi connectivity index (χ2v) is 6.61. The molecule has 0 aliphatic carbocycles. The number of aliphatic hydroxyl groups is 1. The fourth-order valence-corrected chi connectivity index (χ4v) is 4.13. The summed E-state index contributed by atoms with van der Waals surface area (Å²) in [5.41, 5.74) is 2.38. The molecule has 8 nitrogen and oxygen atoms in total. The normalized spacial score (nSPS) is 12.4. The number of nitrogens with one attached hydrogen (secondary N) is 1. The number of hydrogen-bond donors (Lipinski definition) is 2. The van der Waals surface area contributed by atoms with Crippen molar-refractivity contribution in [3.05, 3.63) is 40.6 Å². The highest BCUT2D eigenvalue weighted by Crippen LogP contribution is 2.49. The Labute approximate surface area is 147 Å². The number of aromatic nitrogens is 3. The summed E-state index contributed by atoms with van der Waals surface area (Å²) in [4.78, 5) is 17.0. The van der Waals surface area contributed by atoms with E-state index < -0.39 is 0 Å². The summed E-state index contributed by atoms with van der Waals surface area (Å²) in [6.45, 7) is 1.84. The lowest BCUT2D eigenvalue weighted by molar-refractivity contribution is -0.387. The summed E-state index contributed by atoms with van der Waals surface area (Å²) in [6.07, 6.45) is 1.70. The first kappa shape index (κ1) is 16.0. The number of nitro groups is 1. The quantitative estimate of drug-likeness (QED) is 0.309. The van der Waals surface area contributed by atoms with E-state index in [4.69, 9.17) is 5.11 Å². The maximum absolute atomic E-state index is 11.4. The van der Waals surface area contributed by atoms with Crippen molar-refractivity contribution in [2.75, 3.05) is 19.7 Å². The van der Waals surface area contributed by atoms with E-state index in [1.165, 1.54) is 17.8 Å². The summed E-state index contributed by atoms with van der Waals surface area (Å²) >= 11 is 1.37. The van der Waals surface area contributed by atoms with Crippen LogP contribution in [0.15, 0.2) is 40.3 Å². The molecule has 0 saturated carbocycles. The molecule has 4 rings (SSSR count). The summed E-state index contributed by atoms with van der Waals surface area (Å²) in [7, 11) is 0. The molecule has 3 heterocycles. The van der Waals surface area contributed by atoms with Gasteiger partial charge in [-0.05, 0) is 18.2 Å². The van der Waals surface area contributed by atoms with E-state index in [0.717, 1.165) is 21.5 Å². The van der Waals surface area contributed by atoms with Gasteiger partial charge >= 0.3 is 0 Å². The SMILES string of the molecule is O=[N+]([O-])c1ccc2c3c(nn2CCNCCO)-c2ncccc2Sc13. The van der Waals surface area contributed by atoms with Crippen LogP contribution < -0.4 is 5.32 Å². The van der Waals surface area contributed by atoms with Crippen LogP contribution >= 0.6 is 11.8 Å². The van der Waals surface area contributed by atoms with Gasteiger partial charge in [-0.1, -0.05) is 11.8 Å². The third-order valence-electron chi connectivity index (χ3n) is 4.04. The van der Waals surface area contributed by atoms with Gasteiger partial charge in [-0.15, -0.1) is 0 Å². The first-order valence-corrected chi connectivity index (χ1v) is 8.65. The lowest BCUT2D eigenvalue weighted by atomic mass is 10.1. The van der Waals surface area contributed by atoms with Crippen molar-refractivity contribution < 1.29 is 10.0 Å². The minimum absolute atomic E-state index is 0.0788. The number of fused-ring (bicyclic) bond motifs is 2. The molecule has 0 amide bonds. The molecule has 1 aromatic carbocycles. The summed E-state index contributed by atoms with van der Waals surface area (Å²) in [5, 5.41) is 28.9. The molecule has 1 aliphatic rings. The average molecular weight is 357 g/mol. The standard InChI is InChI=1S/C16H15N5O3S/c22-9-7-17-6-8-20-10-3-4-11(21(23)24)16-13(10)15(19-20)14-12(25-16)2-1-5-18-14/h1-5,17,22H,6-9H2. The first-order valence-electron chi connectivity index (χ1n) is 7.83. The molecule has 1 aliphatic heterocycles. The molecular weight excluding hydrogens is 342 g/mol. The minimum atomic E-state index is -0.354. The first-order chi connectivity index (χ1) is 12.2. The van der Waals surface area contributed by atoms with Crippen molar-refractivity contribution in [2.24, 2.45) is 0 Å². The van der Waals surface area contributed by atoms with Crippen LogP contribution in [0.3, 0.4) is 0 Å². The molecular formula is C16H15N5O3S. The van der Waals surface area contributed by atoms with E-state index in [2.05, 4.69) is 15.4 Å². The Morgan fingerprint density at radius 1 is 1.28 bits per heavy atom. The van der Waals surface area contributed by atoms with E-state index in [9.17, 15) is 10.1 Å². The van der Waals surface area contributed by atoms with Crippen LogP contribution in [0.25, 0.3) is 22.3 Å². The average Bonchev–Trinajstić information content (AvgIpc) is 2.99. The van der Waals surface area contributed by atoms with Crippen LogP contribution in [0.5, 0.6) is 0 Å². The zero-order valence-electron chi connectivity index (χ0n) is 13.2. The number of pyridine rings is 1. The largest absolute Gasteiger partial charge is 0.395 e. The van der Waals surface area contributed by atoms with Crippen molar-refractivity contribution in [1.82, 2.24) is 20.1 Å². The third-order valence-corrected chi connectivity index (χ3v) is 5.21. The Morgan fingerprint density at radius 2 is 2.16 bits per heavy atom. The van der Waals surface area contributed by atoms with E-state index in [0.29, 0.717) is 30.2 Å². The molecule has 128 valence electrons. The highest BCUT2D eigenvalue weighted by molar-refractivity contribution is 8.00. The van der Waals surface area contributed by atoms with Gasteiger partial charge in [0.25, 0.3) is 5.69 Å². The predicted octanol–water partition coefficient (Wildman–Crippen LogP) is 2.05. The maximum atomic E-state index is 11.4. The number of aliphatic hydroxyl groups excluding tert-OH is 1. The van der Waals surface area contributed by atoms with Gasteiger partial charge in [0.15, 0.2) is 0 Å². The van der Waals surface area contributed by atoms with Crippen molar-refractivity contribution >= 4 is 28.4 Å². The number of benzene rings is 1. The van der Waals surface area contributed by atoms with Crippen LogP contribution in [-0.4, -0.2) is 44.5 Å². The van der Waals surface area contributed by atoms with Gasteiger partial charge in [-0.2, -0.15) is 5.10 Å². The van der Waals surface area contributed by atoms with Crippen LogP contribution in [0.2, 0.25) is 0 Å². The Morgan fingerprint density at radius 3 is 2.96 bits per heavy atom. The smallest absolute Gasteiger partial charge is 0.284 e. The molecule has 3 aromatic rings. The fraction of sp³-hybridized carbons (Fsp3) is 0.250. The van der Waals surface area contributed by atoms with Crippen LogP contribution in [-0.2, 0) is 6.54 Å². The highest BCUT2D eigenvalue weighted by atomic mass is 32.2. The lowest BCUT2D eigenvalue weighted by Gasteiger charge is -2.13. The number of hydrogen-bond acceptors (Lipinski definition) is 7. The van der Waals surface area contributed by atoms with Gasteiger partial charge in [0.1, 0.15) is 16.3 Å². The Kier molecular flexibility index (Phi) is 4.12. The topological polar surface area (TPSA) is 106 Å². The van der Waals surface area contributed by atoms with Crippen molar-refractivity contribution in [3.8, 4) is 11.4 Å². The van der Waals surface area contributed by atoms with E-state index >= 15 is 0 Å². The fourth-order valence-electron chi connectivity index (χ4n) is 2.96. The second kappa shape index (κ2) is 6.43. The van der Waals surface area contributed by atoms with Gasteiger partial charge in [0.05, 0.1) is 29.0 Å². The van der Waals surface area contributed by atoms with Gasteiger partial charge in [-0.3, -0.25) is 19.8 Å². The van der Waals surface area contributed by atoms with Crippen LogP contribution in [0, 0.1) is 10.1 Å². The molecule has 0 unspecified atom stereocenters. The molecule has 25 heavy (non-hydrogen) atoms. The lowest BCUT2D eigenvalue weighted by Crippen LogP contribution is -2.23. The Bertz CT molecular complexity index is 972. The molecule has 0 atom stereocenters. The number of nitro benzene ring substituents is 1. The number of nitrogens with zero attached hydrogens (tertiary/aromatic N) is 4. The summed E-state index contributed by atoms with van der Waals surface area (Å²) < 4.78 is 1.84. The molecule has 0 bridgehead atoms. The molecule has 0 spiro atoms. The monoisotopic (exact) mass is 357 g/mol. The number of rotatable bonds is 6. The van der Waals surface area contributed by atoms with Gasteiger partial charge in [0, 0.05) is 30.2 Å². The molecule has 0 radical (unpaired) electrons. The van der Waals surface area contributed by atoms with Crippen molar-refractivity contribution in [1.29, 1.82) is 0 Å². The van der Waals surface area contributed by atoms with Crippen LogP contribution in [0.4, 0.5) is 5.69 Å². The van der Waals surface area contributed by atoms with Gasteiger partial charge in [-0.25, -0.2) is 0 Å². The molecule has 2 N–H and O–H groups in total. The van der Waals surface area contributed by atoms with Crippen molar-refractivity contribution in [3.63, 3.8) is 0 Å². The predicted molar refractivity (Wildman–Crippen MR) is 93.7 cm³/mol.